The fourth-order valence-electron chi connectivity index (χ4n) is 11.8. The molecule has 1 unspecified atom stereocenters. The number of piperidine rings is 2. The summed E-state index contributed by atoms with van der Waals surface area (Å²) in [5.74, 6) is -1.88. The van der Waals surface area contributed by atoms with E-state index in [1.54, 1.807) is 11.0 Å². The van der Waals surface area contributed by atoms with Gasteiger partial charge in [0.05, 0.1) is 17.2 Å². The Kier molecular flexibility index (Phi) is 12.7. The number of nitrogens with one attached hydrogen (secondary N) is 2. The van der Waals surface area contributed by atoms with Gasteiger partial charge in [0.15, 0.2) is 5.69 Å². The van der Waals surface area contributed by atoms with Crippen LogP contribution in [0.4, 0.5) is 41.9 Å². The number of phosphoric ester groups is 1. The molecule has 3 fully saturated rings. The minimum atomic E-state index is -5.16. The fourth-order valence-corrected chi connectivity index (χ4v) is 13.5. The molecule has 76 heavy (non-hydrogen) atoms. The van der Waals surface area contributed by atoms with Gasteiger partial charge in [-0.25, -0.2) is 14.5 Å². The van der Waals surface area contributed by atoms with E-state index in [4.69, 9.17) is 8.64 Å². The van der Waals surface area contributed by atoms with Crippen molar-refractivity contribution in [2.45, 2.75) is 102 Å². The van der Waals surface area contributed by atoms with Crippen LogP contribution in [-0.2, 0) is 64.2 Å². The number of aryl methyl sites for hydroxylation is 2. The molecule has 1 aliphatic carbocycles. The van der Waals surface area contributed by atoms with Crippen LogP contribution in [0.3, 0.4) is 0 Å². The molecule has 4 aromatic heterocycles. The standard InChI is InChI=1S/C52H56F3N10O9PS/c1-29-25-62(32-14-18-61(19-15-32)33-7-8-35-30(23-33)27-65(49(35)68)41-10-12-44(66)59-48(41)67)21-22-63(29)40-9-11-43(58-46(40)52(53,54)55)57-39-24-31(26-60(2)50(39)69)34-13-17-56-47(38(34)28-74-75(71,72)73)64-20-16-37-36-5-3-4-6-42(36)76-45(37)51(64)70/h7-9,11,13,17,23-24,26,29,32,41H,3-6,10,12,14-16,18-22,25,27-28H2,1-2H3,(H,57,58)(H,59,66,67)(H2,71,72,73)/t29-,41?/m0/s1/i2D3. The number of anilines is 5. The summed E-state index contributed by atoms with van der Waals surface area (Å²) < 4.78 is 87.8. The minimum Gasteiger partial charge on any atom is -0.371 e. The molecule has 5 aromatic rings. The van der Waals surface area contributed by atoms with Crippen molar-refractivity contribution in [1.82, 2.24) is 29.7 Å². The smallest absolute Gasteiger partial charge is 0.371 e. The van der Waals surface area contributed by atoms with E-state index in [9.17, 15) is 38.3 Å². The SMILES string of the molecule is [2H]C([2H])([2H])n1cc(-c2ccnc(N3CCc4c(sc5c4CCCC5)C3=O)c2COP(=O)(O)O)cc(Nc2ccc(N3CCN(C4CCN(c5ccc6c(c5)CN(C5CCC(=O)NC5=O)C6=O)CC4)C[C@@H]3C)c(C(F)(F)F)n2)c1=O. The largest absolute Gasteiger partial charge is 0.469 e. The van der Waals surface area contributed by atoms with Gasteiger partial charge >= 0.3 is 14.0 Å². The highest BCUT2D eigenvalue weighted by Crippen LogP contribution is 2.44. The third-order valence-corrected chi connectivity index (χ3v) is 17.3. The molecule has 4 N–H and O–H groups in total. The van der Waals surface area contributed by atoms with Crippen molar-refractivity contribution in [1.29, 1.82) is 0 Å². The van der Waals surface area contributed by atoms with E-state index >= 15 is 13.2 Å². The summed E-state index contributed by atoms with van der Waals surface area (Å²) in [6.07, 6.45) is 3.55. The number of alkyl halides is 3. The fraction of sp³-hybridized carbons (Fsp3) is 0.442. The molecule has 3 saturated heterocycles. The number of benzene rings is 1. The van der Waals surface area contributed by atoms with E-state index < -0.39 is 62.3 Å². The summed E-state index contributed by atoms with van der Waals surface area (Å²) in [5, 5.41) is 4.97. The summed E-state index contributed by atoms with van der Waals surface area (Å²) in [5.41, 5.74) is 1.42. The summed E-state index contributed by atoms with van der Waals surface area (Å²) in [6, 6.07) is 9.84. The molecule has 0 spiro atoms. The van der Waals surface area contributed by atoms with Crippen LogP contribution in [0.1, 0.15) is 102 Å². The van der Waals surface area contributed by atoms with Gasteiger partial charge in [0, 0.05) is 115 Å². The minimum absolute atomic E-state index is 0.0169. The van der Waals surface area contributed by atoms with Crippen LogP contribution in [0, 0.1) is 0 Å². The maximum Gasteiger partial charge on any atom is 0.469 e. The summed E-state index contributed by atoms with van der Waals surface area (Å²) in [6.45, 7) is 0.908. The Hall–Kier alpha value is -6.49. The number of aromatic nitrogens is 3. The van der Waals surface area contributed by atoms with Crippen molar-refractivity contribution >= 4 is 71.5 Å². The molecule has 24 heteroatoms. The van der Waals surface area contributed by atoms with Gasteiger partial charge in [-0.3, -0.25) is 43.6 Å². The predicted octanol–water partition coefficient (Wildman–Crippen LogP) is 6.30. The molecule has 0 saturated carbocycles. The highest BCUT2D eigenvalue weighted by atomic mass is 32.1. The predicted molar refractivity (Wildman–Crippen MR) is 277 cm³/mol. The third kappa shape index (κ3) is 9.92. The van der Waals surface area contributed by atoms with Crippen LogP contribution in [0.5, 0.6) is 0 Å². The molecule has 1 aromatic carbocycles. The van der Waals surface area contributed by atoms with Crippen LogP contribution in [-0.4, -0.2) is 115 Å². The van der Waals surface area contributed by atoms with Gasteiger partial charge in [0.1, 0.15) is 23.4 Å². The van der Waals surface area contributed by atoms with Crippen molar-refractivity contribution in [2.24, 2.45) is 6.98 Å². The summed E-state index contributed by atoms with van der Waals surface area (Å²) in [4.78, 5) is 105. The highest BCUT2D eigenvalue weighted by Gasteiger charge is 2.42. The van der Waals surface area contributed by atoms with E-state index in [2.05, 4.69) is 30.4 Å². The first-order valence-corrected chi connectivity index (χ1v) is 27.6. The lowest BCUT2D eigenvalue weighted by atomic mass is 9.92. The van der Waals surface area contributed by atoms with Crippen LogP contribution >= 0.6 is 19.2 Å². The average Bonchev–Trinajstić information content (AvgIpc) is 4.23. The lowest BCUT2D eigenvalue weighted by Gasteiger charge is -2.47. The second-order valence-electron chi connectivity index (χ2n) is 20.2. The molecular formula is C52H56F3N10O9PS. The van der Waals surface area contributed by atoms with E-state index in [0.717, 1.165) is 66.4 Å². The average molecular weight is 1090 g/mol. The van der Waals surface area contributed by atoms with Crippen LogP contribution < -0.4 is 30.9 Å². The normalized spacial score (nSPS) is 21.5. The zero-order valence-corrected chi connectivity index (χ0v) is 43.0. The number of rotatable bonds is 11. The van der Waals surface area contributed by atoms with Crippen molar-refractivity contribution in [3.63, 3.8) is 0 Å². The van der Waals surface area contributed by atoms with Gasteiger partial charge in [-0.05, 0) is 123 Å². The number of amides is 4. The number of hydrogen-bond donors (Lipinski definition) is 4. The first-order chi connectivity index (χ1) is 37.5. The number of carbonyl (C=O) groups excluding carboxylic acids is 4. The van der Waals surface area contributed by atoms with Gasteiger partial charge in [0.25, 0.3) is 17.4 Å². The molecule has 4 amide bonds. The van der Waals surface area contributed by atoms with Crippen molar-refractivity contribution in [3.05, 3.63) is 108 Å². The van der Waals surface area contributed by atoms with E-state index in [-0.39, 0.29) is 90.5 Å². The Labute approximate surface area is 443 Å². The number of phosphoric acid groups is 1. The Balaban J connectivity index is 0.809. The highest BCUT2D eigenvalue weighted by molar-refractivity contribution is 7.46. The maximum atomic E-state index is 15.1. The number of imide groups is 1. The Morgan fingerprint density at radius 3 is 2.46 bits per heavy atom. The number of carbonyl (C=O) groups is 4. The molecule has 9 heterocycles. The summed E-state index contributed by atoms with van der Waals surface area (Å²) >= 11 is 1.41. The van der Waals surface area contributed by atoms with E-state index in [1.165, 1.54) is 57.2 Å². The quantitative estimate of drug-likeness (QED) is 0.0842. The zero-order chi connectivity index (χ0) is 55.9. The monoisotopic (exact) mass is 1090 g/mol. The summed E-state index contributed by atoms with van der Waals surface area (Å²) in [7, 11) is -5.16. The molecule has 5 aliphatic heterocycles. The number of piperazine rings is 1. The Morgan fingerprint density at radius 2 is 1.71 bits per heavy atom. The number of hydrogen-bond acceptors (Lipinski definition) is 14. The molecule has 11 rings (SSSR count). The van der Waals surface area contributed by atoms with Crippen LogP contribution in [0.25, 0.3) is 11.1 Å². The maximum absolute atomic E-state index is 15.1. The van der Waals surface area contributed by atoms with Crippen LogP contribution in [0.2, 0.25) is 0 Å². The van der Waals surface area contributed by atoms with Gasteiger partial charge in [-0.1, -0.05) is 0 Å². The molecule has 6 aliphatic rings. The second kappa shape index (κ2) is 20.1. The Morgan fingerprint density at radius 1 is 0.908 bits per heavy atom. The Bertz CT molecular complexity index is 3420. The molecule has 0 bridgehead atoms. The molecular weight excluding hydrogens is 1030 g/mol. The zero-order valence-electron chi connectivity index (χ0n) is 44.3. The third-order valence-electron chi connectivity index (χ3n) is 15.5. The lowest BCUT2D eigenvalue weighted by molar-refractivity contribution is -0.140. The van der Waals surface area contributed by atoms with Gasteiger partial charge < -0.3 is 34.4 Å². The van der Waals surface area contributed by atoms with Gasteiger partial charge in [0.2, 0.25) is 11.8 Å². The second-order valence-corrected chi connectivity index (χ2v) is 22.5. The number of thiophene rings is 1. The van der Waals surface area contributed by atoms with Gasteiger partial charge in [-0.2, -0.15) is 13.2 Å². The van der Waals surface area contributed by atoms with Crippen molar-refractivity contribution < 1.29 is 55.3 Å². The van der Waals surface area contributed by atoms with Crippen molar-refractivity contribution in [3.8, 4) is 11.1 Å². The topological polar surface area (TPSA) is 223 Å². The van der Waals surface area contributed by atoms with Crippen molar-refractivity contribution in [2.75, 3.05) is 59.3 Å². The van der Waals surface area contributed by atoms with Gasteiger partial charge in [-0.15, -0.1) is 11.3 Å². The number of pyridine rings is 3. The molecule has 400 valence electrons. The van der Waals surface area contributed by atoms with E-state index in [0.29, 0.717) is 47.6 Å². The molecule has 2 atom stereocenters. The first kappa shape index (κ1) is 47.9. The number of nitrogens with zero attached hydrogens (tertiary/aromatic N) is 8. The lowest BCUT2D eigenvalue weighted by Crippen LogP contribution is -2.57. The first-order valence-electron chi connectivity index (χ1n) is 26.8. The molecule has 0 radical (unpaired) electrons. The van der Waals surface area contributed by atoms with Crippen LogP contribution in [0.15, 0.2) is 59.7 Å². The molecule has 19 nitrogen and oxygen atoms in total. The van der Waals surface area contributed by atoms with E-state index in [1.807, 2.05) is 19.1 Å². The number of fused-ring (bicyclic) bond motifs is 4. The number of halogens is 3.